The van der Waals surface area contributed by atoms with Gasteiger partial charge in [-0.1, -0.05) is 77.2 Å². The molecule has 35 heavy (non-hydrogen) atoms. The zero-order chi connectivity index (χ0) is 23.9. The first kappa shape index (κ1) is 22.8. The van der Waals surface area contributed by atoms with Crippen LogP contribution in [0.1, 0.15) is 57.2 Å². The second kappa shape index (κ2) is 11.0. The number of nitrogens with one attached hydrogen (secondary N) is 2. The van der Waals surface area contributed by atoms with Gasteiger partial charge in [0.1, 0.15) is 12.4 Å². The van der Waals surface area contributed by atoms with E-state index in [2.05, 4.69) is 45.6 Å². The third kappa shape index (κ3) is 5.58. The molecule has 5 rings (SSSR count). The maximum atomic E-state index is 12.6. The van der Waals surface area contributed by atoms with Gasteiger partial charge >= 0.3 is 0 Å². The minimum Gasteiger partial charge on any atom is -0.494 e. The molecule has 0 radical (unpaired) electrons. The third-order valence-electron chi connectivity index (χ3n) is 6.18. The Morgan fingerprint density at radius 1 is 0.914 bits per heavy atom. The summed E-state index contributed by atoms with van der Waals surface area (Å²) in [7, 11) is 0. The summed E-state index contributed by atoms with van der Waals surface area (Å²) in [5, 5.41) is 7.52. The van der Waals surface area contributed by atoms with E-state index in [-0.39, 0.29) is 18.6 Å². The van der Waals surface area contributed by atoms with Crippen molar-refractivity contribution in [1.82, 2.24) is 10.9 Å². The van der Waals surface area contributed by atoms with Crippen molar-refractivity contribution in [3.63, 3.8) is 0 Å². The zero-order valence-corrected chi connectivity index (χ0v) is 19.4. The molecule has 2 aliphatic heterocycles. The van der Waals surface area contributed by atoms with Gasteiger partial charge in [0.05, 0.1) is 13.2 Å². The number of ketones is 1. The average Bonchev–Trinajstić information content (AvgIpc) is 3.44. The highest BCUT2D eigenvalue weighted by atomic mass is 16.5. The summed E-state index contributed by atoms with van der Waals surface area (Å²) >= 11 is 0. The molecule has 178 valence electrons. The molecule has 0 aromatic heterocycles. The van der Waals surface area contributed by atoms with Crippen LogP contribution in [0.5, 0.6) is 5.75 Å². The van der Waals surface area contributed by atoms with Crippen molar-refractivity contribution in [2.75, 3.05) is 13.2 Å². The number of unbranched alkanes of at least 4 members (excludes halogenated alkanes) is 1. The van der Waals surface area contributed by atoms with Gasteiger partial charge in [-0.3, -0.25) is 15.6 Å². The summed E-state index contributed by atoms with van der Waals surface area (Å²) in [6.07, 6.45) is 6.95. The average molecular weight is 469 g/mol. The van der Waals surface area contributed by atoms with Crippen LogP contribution in [0.4, 0.5) is 0 Å². The van der Waals surface area contributed by atoms with Crippen molar-refractivity contribution in [2.45, 2.75) is 32.0 Å². The van der Waals surface area contributed by atoms with Gasteiger partial charge in [0.2, 0.25) is 0 Å². The Balaban J connectivity index is 1.19. The molecule has 0 spiro atoms. The molecule has 7 nitrogen and oxygen atoms in total. The Labute approximate surface area is 204 Å². The first-order chi connectivity index (χ1) is 17.3. The fourth-order valence-electron chi connectivity index (χ4n) is 4.35. The van der Waals surface area contributed by atoms with Crippen LogP contribution >= 0.6 is 0 Å². The Morgan fingerprint density at radius 2 is 1.71 bits per heavy atom. The molecule has 0 atom stereocenters. The van der Waals surface area contributed by atoms with E-state index in [9.17, 15) is 4.79 Å². The molecule has 2 aliphatic rings. The Bertz CT molecular complexity index is 1210. The maximum Gasteiger partial charge on any atom is 0.189 e. The molecule has 0 saturated carbocycles. The van der Waals surface area contributed by atoms with Crippen molar-refractivity contribution >= 4 is 17.9 Å². The van der Waals surface area contributed by atoms with Gasteiger partial charge in [-0.15, -0.1) is 0 Å². The summed E-state index contributed by atoms with van der Waals surface area (Å²) in [6.45, 7) is 1.19. The van der Waals surface area contributed by atoms with E-state index in [0.29, 0.717) is 18.8 Å². The quantitative estimate of drug-likeness (QED) is 0.322. The van der Waals surface area contributed by atoms with Gasteiger partial charge in [-0.05, 0) is 53.6 Å². The topological polar surface area (TPSA) is 84.3 Å². The number of carbonyl (C=O) groups excluding carboxylic acids is 1. The first-order valence-electron chi connectivity index (χ1n) is 11.9. The molecule has 0 amide bonds. The SMILES string of the molecule is O=C1COCc2c(/C=C/c3ccc(OCCCCc4ccccc4)cc3)ccc(C3NN=NN3)c21. The highest BCUT2D eigenvalue weighted by Crippen LogP contribution is 2.30. The van der Waals surface area contributed by atoms with E-state index in [1.165, 1.54) is 5.56 Å². The number of rotatable bonds is 9. The number of Topliss-reactive ketones (excluding diaryl/α,β-unsaturated/α-hetero) is 1. The van der Waals surface area contributed by atoms with Crippen molar-refractivity contribution in [3.05, 3.63) is 100 Å². The van der Waals surface area contributed by atoms with Crippen LogP contribution in [0.3, 0.4) is 0 Å². The highest BCUT2D eigenvalue weighted by molar-refractivity contribution is 6.01. The Hall–Kier alpha value is -3.97. The summed E-state index contributed by atoms with van der Waals surface area (Å²) < 4.78 is 11.4. The predicted molar refractivity (Wildman–Crippen MR) is 135 cm³/mol. The molecule has 2 N–H and O–H groups in total. The van der Waals surface area contributed by atoms with Crippen LogP contribution in [-0.4, -0.2) is 19.0 Å². The second-order valence-electron chi connectivity index (χ2n) is 8.60. The zero-order valence-electron chi connectivity index (χ0n) is 19.4. The van der Waals surface area contributed by atoms with Crippen LogP contribution < -0.4 is 15.6 Å². The number of ether oxygens (including phenoxy) is 2. The Kier molecular flexibility index (Phi) is 7.15. The van der Waals surface area contributed by atoms with Gasteiger partial charge in [0.15, 0.2) is 11.9 Å². The molecule has 0 aliphatic carbocycles. The monoisotopic (exact) mass is 468 g/mol. The van der Waals surface area contributed by atoms with Crippen molar-refractivity contribution in [1.29, 1.82) is 0 Å². The number of aryl methyl sites for hydroxylation is 1. The summed E-state index contributed by atoms with van der Waals surface area (Å²) in [4.78, 5) is 12.6. The van der Waals surface area contributed by atoms with E-state index in [1.807, 2.05) is 54.6 Å². The molecular weight excluding hydrogens is 440 g/mol. The number of carbonyl (C=O) groups is 1. The fourth-order valence-corrected chi connectivity index (χ4v) is 4.35. The molecule has 2 heterocycles. The Morgan fingerprint density at radius 3 is 2.51 bits per heavy atom. The van der Waals surface area contributed by atoms with Gasteiger partial charge in [0.25, 0.3) is 0 Å². The van der Waals surface area contributed by atoms with E-state index < -0.39 is 0 Å². The number of hydrogen-bond acceptors (Lipinski definition) is 7. The number of benzene rings is 3. The van der Waals surface area contributed by atoms with Gasteiger partial charge in [-0.2, -0.15) is 0 Å². The van der Waals surface area contributed by atoms with E-state index in [1.54, 1.807) is 0 Å². The molecule has 0 unspecified atom stereocenters. The molecular formula is C28H28N4O3. The summed E-state index contributed by atoms with van der Waals surface area (Å²) in [6, 6.07) is 22.5. The van der Waals surface area contributed by atoms with Crippen molar-refractivity contribution < 1.29 is 14.3 Å². The highest BCUT2D eigenvalue weighted by Gasteiger charge is 2.28. The van der Waals surface area contributed by atoms with Crippen molar-refractivity contribution in [2.24, 2.45) is 10.4 Å². The first-order valence-corrected chi connectivity index (χ1v) is 11.9. The molecule has 0 fully saturated rings. The summed E-state index contributed by atoms with van der Waals surface area (Å²) in [5.74, 6) is 0.840. The second-order valence-corrected chi connectivity index (χ2v) is 8.60. The van der Waals surface area contributed by atoms with Gasteiger partial charge in [0, 0.05) is 11.1 Å². The number of nitrogens with zero attached hydrogens (tertiary/aromatic N) is 2. The normalized spacial score (nSPS) is 15.1. The van der Waals surface area contributed by atoms with Crippen LogP contribution in [0.15, 0.2) is 77.2 Å². The van der Waals surface area contributed by atoms with E-state index in [4.69, 9.17) is 9.47 Å². The third-order valence-corrected chi connectivity index (χ3v) is 6.18. The minimum atomic E-state index is -0.310. The minimum absolute atomic E-state index is 0.0303. The molecule has 3 aromatic carbocycles. The molecule has 7 heteroatoms. The van der Waals surface area contributed by atoms with E-state index in [0.717, 1.165) is 47.3 Å². The number of hydrogen-bond donors (Lipinski definition) is 2. The number of fused-ring (bicyclic) bond motifs is 1. The molecule has 3 aromatic rings. The smallest absolute Gasteiger partial charge is 0.189 e. The lowest BCUT2D eigenvalue weighted by atomic mass is 9.90. The lowest BCUT2D eigenvalue weighted by Gasteiger charge is -2.23. The van der Waals surface area contributed by atoms with Crippen molar-refractivity contribution in [3.8, 4) is 5.75 Å². The fraction of sp³-hybridized carbons (Fsp3) is 0.250. The van der Waals surface area contributed by atoms with Crippen LogP contribution in [-0.2, 0) is 17.8 Å². The standard InChI is InChI=1S/C28H28N4O3/c33-26-19-34-18-25-22(13-16-24(27(25)26)28-29-31-32-30-28)12-9-21-10-14-23(15-11-21)35-17-5-4-8-20-6-2-1-3-7-20/h1-3,6-7,9-16,28H,4-5,8,17-19H2,(H,29,32)(H,30,31)/b12-9+. The lowest BCUT2D eigenvalue weighted by Crippen LogP contribution is -2.28. The van der Waals surface area contributed by atoms with Gasteiger partial charge < -0.3 is 9.47 Å². The van der Waals surface area contributed by atoms with Gasteiger partial charge in [-0.25, -0.2) is 0 Å². The van der Waals surface area contributed by atoms with Crippen LogP contribution in [0.2, 0.25) is 0 Å². The summed E-state index contributed by atoms with van der Waals surface area (Å²) in [5.41, 5.74) is 11.6. The van der Waals surface area contributed by atoms with Crippen LogP contribution in [0.25, 0.3) is 12.2 Å². The molecule has 0 saturated heterocycles. The maximum absolute atomic E-state index is 12.6. The molecule has 0 bridgehead atoms. The van der Waals surface area contributed by atoms with E-state index >= 15 is 0 Å². The largest absolute Gasteiger partial charge is 0.494 e. The predicted octanol–water partition coefficient (Wildman–Crippen LogP) is 5.45. The lowest BCUT2D eigenvalue weighted by molar-refractivity contribution is 0.0662. The van der Waals surface area contributed by atoms with Crippen LogP contribution in [0, 0.1) is 0 Å².